The maximum absolute atomic E-state index is 12.6. The second kappa shape index (κ2) is 4.11. The average Bonchev–Trinajstić information content (AvgIpc) is 1.80. The van der Waals surface area contributed by atoms with Gasteiger partial charge in [-0.25, -0.2) is 4.39 Å². The van der Waals surface area contributed by atoms with E-state index in [-0.39, 0.29) is 18.4 Å². The number of nitrogens with two attached hydrogens (primary N) is 1. The average molecular weight is 169 g/mol. The van der Waals surface area contributed by atoms with E-state index >= 15 is 0 Å². The second-order valence-electron chi connectivity index (χ2n) is 2.73. The van der Waals surface area contributed by atoms with Gasteiger partial charge in [0.25, 0.3) is 0 Å². The third kappa shape index (κ3) is 2.40. The van der Waals surface area contributed by atoms with Crippen LogP contribution < -0.4 is 5.73 Å². The Hall–Kier alpha value is 0.140. The second-order valence-corrected chi connectivity index (χ2v) is 2.73. The van der Waals surface area contributed by atoms with Crippen LogP contribution >= 0.6 is 12.4 Å². The Bertz CT molecular complexity index is 102. The topological polar surface area (TPSA) is 29.3 Å². The summed E-state index contributed by atoms with van der Waals surface area (Å²) in [6, 6.07) is -0.260. The first-order chi connectivity index (χ1) is 4.20. The lowest BCUT2D eigenvalue weighted by Crippen LogP contribution is -2.47. The van der Waals surface area contributed by atoms with E-state index in [0.717, 1.165) is 6.54 Å². The lowest BCUT2D eigenvalue weighted by Gasteiger charge is -2.29. The minimum Gasteiger partial charge on any atom is -0.324 e. The van der Waals surface area contributed by atoms with Crippen LogP contribution in [0.3, 0.4) is 0 Å². The molecular weight excluding hydrogens is 155 g/mol. The van der Waals surface area contributed by atoms with E-state index in [1.807, 2.05) is 7.05 Å². The highest BCUT2D eigenvalue weighted by molar-refractivity contribution is 5.85. The first kappa shape index (κ1) is 10.1. The largest absolute Gasteiger partial charge is 0.324 e. The predicted octanol–water partition coefficient (Wildman–Crippen LogP) is 0.409. The molecule has 0 aromatic rings. The van der Waals surface area contributed by atoms with E-state index in [1.54, 1.807) is 0 Å². The minimum atomic E-state index is -0.777. The molecule has 1 aliphatic rings. The van der Waals surface area contributed by atoms with Crippen molar-refractivity contribution in [2.75, 3.05) is 20.1 Å². The van der Waals surface area contributed by atoms with Gasteiger partial charge in [0, 0.05) is 19.1 Å². The van der Waals surface area contributed by atoms with Gasteiger partial charge in [-0.05, 0) is 13.5 Å². The highest BCUT2D eigenvalue weighted by Gasteiger charge is 2.23. The summed E-state index contributed by atoms with van der Waals surface area (Å²) in [7, 11) is 1.96. The summed E-state index contributed by atoms with van der Waals surface area (Å²) in [5.41, 5.74) is 5.45. The first-order valence-corrected chi connectivity index (χ1v) is 3.28. The fourth-order valence-electron chi connectivity index (χ4n) is 1.12. The number of hydrogen-bond donors (Lipinski definition) is 1. The monoisotopic (exact) mass is 168 g/mol. The number of halogens is 2. The third-order valence-electron chi connectivity index (χ3n) is 1.77. The van der Waals surface area contributed by atoms with E-state index in [2.05, 4.69) is 4.90 Å². The van der Waals surface area contributed by atoms with E-state index in [4.69, 9.17) is 5.73 Å². The molecule has 2 atom stereocenters. The molecule has 0 bridgehead atoms. The molecular formula is C6H14ClFN2. The lowest BCUT2D eigenvalue weighted by atomic mass is 10.1. The maximum Gasteiger partial charge on any atom is 0.118 e. The molecule has 62 valence electrons. The molecule has 1 saturated heterocycles. The van der Waals surface area contributed by atoms with Gasteiger partial charge in [0.1, 0.15) is 6.17 Å². The Labute approximate surface area is 67.0 Å². The number of nitrogens with zero attached hydrogens (tertiary/aromatic N) is 1. The highest BCUT2D eigenvalue weighted by atomic mass is 35.5. The van der Waals surface area contributed by atoms with Crippen molar-refractivity contribution in [1.82, 2.24) is 4.90 Å². The van der Waals surface area contributed by atoms with Gasteiger partial charge in [0.15, 0.2) is 0 Å². The number of alkyl halides is 1. The van der Waals surface area contributed by atoms with Crippen molar-refractivity contribution in [1.29, 1.82) is 0 Å². The Kier molecular flexibility index (Phi) is 4.17. The molecule has 0 amide bonds. The molecule has 1 rings (SSSR count). The van der Waals surface area contributed by atoms with E-state index < -0.39 is 6.17 Å². The molecule has 0 aliphatic carbocycles. The first-order valence-electron chi connectivity index (χ1n) is 3.28. The SMILES string of the molecule is CN1CCC(F)C(N)C1.Cl. The molecule has 2 nitrogen and oxygen atoms in total. The fourth-order valence-corrected chi connectivity index (χ4v) is 1.12. The minimum absolute atomic E-state index is 0. The number of likely N-dealkylation sites (N-methyl/N-ethyl adjacent to an activating group) is 1. The van der Waals surface area contributed by atoms with E-state index in [9.17, 15) is 4.39 Å². The number of hydrogen-bond acceptors (Lipinski definition) is 2. The van der Waals surface area contributed by atoms with Crippen molar-refractivity contribution in [2.45, 2.75) is 18.6 Å². The van der Waals surface area contributed by atoms with Gasteiger partial charge >= 0.3 is 0 Å². The van der Waals surface area contributed by atoms with Gasteiger partial charge in [0.2, 0.25) is 0 Å². The molecule has 0 spiro atoms. The molecule has 0 saturated carbocycles. The van der Waals surface area contributed by atoms with Crippen molar-refractivity contribution < 1.29 is 4.39 Å². The maximum atomic E-state index is 12.6. The molecule has 0 radical (unpaired) electrons. The lowest BCUT2D eigenvalue weighted by molar-refractivity contribution is 0.148. The van der Waals surface area contributed by atoms with Gasteiger partial charge < -0.3 is 10.6 Å². The molecule has 1 fully saturated rings. The summed E-state index contributed by atoms with van der Waals surface area (Å²) in [6.45, 7) is 1.54. The molecule has 2 N–H and O–H groups in total. The van der Waals surface area contributed by atoms with Crippen LogP contribution in [-0.2, 0) is 0 Å². The number of likely N-dealkylation sites (tertiary alicyclic amines) is 1. The fraction of sp³-hybridized carbons (Fsp3) is 1.00. The summed E-state index contributed by atoms with van der Waals surface area (Å²) < 4.78 is 12.6. The van der Waals surface area contributed by atoms with Crippen LogP contribution in [0.2, 0.25) is 0 Å². The Morgan fingerprint density at radius 1 is 1.60 bits per heavy atom. The highest BCUT2D eigenvalue weighted by Crippen LogP contribution is 2.10. The quantitative estimate of drug-likeness (QED) is 0.568. The predicted molar refractivity (Wildman–Crippen MR) is 42.2 cm³/mol. The standard InChI is InChI=1S/C6H13FN2.ClH/c1-9-3-2-5(7)6(8)4-9;/h5-6H,2-4,8H2,1H3;1H. The van der Waals surface area contributed by atoms with Gasteiger partial charge in [-0.3, -0.25) is 0 Å². The van der Waals surface area contributed by atoms with Crippen molar-refractivity contribution in [2.24, 2.45) is 5.73 Å². The molecule has 4 heteroatoms. The molecule has 10 heavy (non-hydrogen) atoms. The van der Waals surface area contributed by atoms with E-state index in [0.29, 0.717) is 13.0 Å². The molecule has 1 heterocycles. The van der Waals surface area contributed by atoms with Crippen molar-refractivity contribution in [3.63, 3.8) is 0 Å². The summed E-state index contributed by atoms with van der Waals surface area (Å²) in [6.07, 6.45) is -0.182. The normalized spacial score (nSPS) is 35.1. The summed E-state index contributed by atoms with van der Waals surface area (Å²) >= 11 is 0. The zero-order valence-electron chi connectivity index (χ0n) is 6.09. The van der Waals surface area contributed by atoms with Crippen LogP contribution in [0.5, 0.6) is 0 Å². The van der Waals surface area contributed by atoms with Crippen LogP contribution in [0.4, 0.5) is 4.39 Å². The number of piperidine rings is 1. The Morgan fingerprint density at radius 3 is 2.60 bits per heavy atom. The van der Waals surface area contributed by atoms with Crippen LogP contribution in [0, 0.1) is 0 Å². The zero-order chi connectivity index (χ0) is 6.85. The van der Waals surface area contributed by atoms with Gasteiger partial charge in [0.05, 0.1) is 0 Å². The number of rotatable bonds is 0. The Morgan fingerprint density at radius 2 is 2.20 bits per heavy atom. The van der Waals surface area contributed by atoms with Crippen LogP contribution in [-0.4, -0.2) is 37.3 Å². The van der Waals surface area contributed by atoms with Gasteiger partial charge in [-0.1, -0.05) is 0 Å². The molecule has 0 aromatic carbocycles. The van der Waals surface area contributed by atoms with E-state index in [1.165, 1.54) is 0 Å². The van der Waals surface area contributed by atoms with Gasteiger partial charge in [-0.2, -0.15) is 0 Å². The van der Waals surface area contributed by atoms with Crippen LogP contribution in [0.15, 0.2) is 0 Å². The van der Waals surface area contributed by atoms with Crippen LogP contribution in [0.1, 0.15) is 6.42 Å². The zero-order valence-corrected chi connectivity index (χ0v) is 6.90. The third-order valence-corrected chi connectivity index (χ3v) is 1.77. The van der Waals surface area contributed by atoms with Crippen molar-refractivity contribution >= 4 is 12.4 Å². The van der Waals surface area contributed by atoms with Crippen molar-refractivity contribution in [3.05, 3.63) is 0 Å². The molecule has 2 unspecified atom stereocenters. The Balaban J connectivity index is 0.000000810. The van der Waals surface area contributed by atoms with Crippen LogP contribution in [0.25, 0.3) is 0 Å². The summed E-state index contributed by atoms with van der Waals surface area (Å²) in [5, 5.41) is 0. The van der Waals surface area contributed by atoms with Crippen molar-refractivity contribution in [3.8, 4) is 0 Å². The smallest absolute Gasteiger partial charge is 0.118 e. The molecule has 1 aliphatic heterocycles. The summed E-state index contributed by atoms with van der Waals surface area (Å²) in [5.74, 6) is 0. The summed E-state index contributed by atoms with van der Waals surface area (Å²) in [4.78, 5) is 2.06. The van der Waals surface area contributed by atoms with Gasteiger partial charge in [-0.15, -0.1) is 12.4 Å². The molecule has 0 aromatic heterocycles.